The van der Waals surface area contributed by atoms with Gasteiger partial charge in [-0.05, 0) is 32.1 Å². The van der Waals surface area contributed by atoms with Crippen molar-refractivity contribution in [2.24, 2.45) is 11.8 Å². The zero-order valence-electron chi connectivity index (χ0n) is 7.66. The lowest BCUT2D eigenvalue weighted by atomic mass is 9.84. The van der Waals surface area contributed by atoms with E-state index >= 15 is 0 Å². The maximum atomic E-state index is 2.43. The Kier molecular flexibility index (Phi) is 2.16. The van der Waals surface area contributed by atoms with Crippen LogP contribution in [0.1, 0.15) is 26.2 Å². The Balaban J connectivity index is 2.19. The first-order valence-electron chi connectivity index (χ1n) is 4.89. The summed E-state index contributed by atoms with van der Waals surface area (Å²) in [7, 11) is 0. The normalized spacial score (nSPS) is 33.9. The molecule has 0 aliphatic heterocycles. The summed E-state index contributed by atoms with van der Waals surface area (Å²) in [6, 6.07) is 0. The van der Waals surface area contributed by atoms with Crippen LogP contribution in [0.2, 0.25) is 0 Å². The molecule has 0 aromatic carbocycles. The Bertz CT molecular complexity index is 243. The number of allylic oxidation sites excluding steroid dienone is 6. The molecule has 0 aromatic rings. The van der Waals surface area contributed by atoms with Crippen molar-refractivity contribution in [3.05, 3.63) is 36.0 Å². The van der Waals surface area contributed by atoms with Crippen molar-refractivity contribution in [2.75, 3.05) is 0 Å². The SMILES string of the molecule is CC1=CC2CCCC=CC2C=C1. The maximum Gasteiger partial charge on any atom is 0.00128 e. The molecule has 0 amide bonds. The van der Waals surface area contributed by atoms with Crippen LogP contribution in [0.3, 0.4) is 0 Å². The lowest BCUT2D eigenvalue weighted by Gasteiger charge is -2.21. The van der Waals surface area contributed by atoms with Gasteiger partial charge in [-0.1, -0.05) is 36.0 Å². The zero-order valence-corrected chi connectivity index (χ0v) is 7.66. The summed E-state index contributed by atoms with van der Waals surface area (Å²) >= 11 is 0. The number of hydrogen-bond acceptors (Lipinski definition) is 0. The zero-order chi connectivity index (χ0) is 8.39. The van der Waals surface area contributed by atoms with Gasteiger partial charge < -0.3 is 0 Å². The molecule has 0 nitrogen and oxygen atoms in total. The molecule has 0 spiro atoms. The van der Waals surface area contributed by atoms with Gasteiger partial charge in [0.1, 0.15) is 0 Å². The first-order valence-corrected chi connectivity index (χ1v) is 4.89. The van der Waals surface area contributed by atoms with E-state index in [4.69, 9.17) is 0 Å². The monoisotopic (exact) mass is 160 g/mol. The van der Waals surface area contributed by atoms with Crippen LogP contribution in [0, 0.1) is 11.8 Å². The first kappa shape index (κ1) is 7.85. The first-order chi connectivity index (χ1) is 5.86. The molecule has 0 bridgehead atoms. The summed E-state index contributed by atoms with van der Waals surface area (Å²) in [6.45, 7) is 2.20. The van der Waals surface area contributed by atoms with Crippen molar-refractivity contribution in [1.82, 2.24) is 0 Å². The van der Waals surface area contributed by atoms with Gasteiger partial charge in [0.25, 0.3) is 0 Å². The van der Waals surface area contributed by atoms with Crippen molar-refractivity contribution in [3.8, 4) is 0 Å². The van der Waals surface area contributed by atoms with E-state index in [2.05, 4.69) is 37.3 Å². The molecule has 0 aromatic heterocycles. The predicted octanol–water partition coefficient (Wildman–Crippen LogP) is 3.48. The standard InChI is InChI=1S/C12H16/c1-10-7-8-11-5-3-2-4-6-12(11)9-10/h3,5,7-9,11-12H,2,4,6H2,1H3. The Morgan fingerprint density at radius 1 is 1.33 bits per heavy atom. The van der Waals surface area contributed by atoms with Crippen LogP contribution in [0.4, 0.5) is 0 Å². The van der Waals surface area contributed by atoms with Crippen LogP contribution in [0.15, 0.2) is 36.0 Å². The van der Waals surface area contributed by atoms with Gasteiger partial charge in [0.15, 0.2) is 0 Å². The number of fused-ring (bicyclic) bond motifs is 1. The molecule has 2 aliphatic rings. The van der Waals surface area contributed by atoms with E-state index in [9.17, 15) is 0 Å². The fraction of sp³-hybridized carbons (Fsp3) is 0.500. The van der Waals surface area contributed by atoms with Crippen LogP contribution in [0.25, 0.3) is 0 Å². The minimum atomic E-state index is 0.691. The second-order valence-corrected chi connectivity index (χ2v) is 3.87. The van der Waals surface area contributed by atoms with E-state index in [1.807, 2.05) is 0 Å². The van der Waals surface area contributed by atoms with Crippen molar-refractivity contribution in [3.63, 3.8) is 0 Å². The minimum Gasteiger partial charge on any atom is -0.0879 e. The third-order valence-electron chi connectivity index (χ3n) is 2.82. The van der Waals surface area contributed by atoms with E-state index in [1.165, 1.54) is 24.8 Å². The van der Waals surface area contributed by atoms with Gasteiger partial charge >= 0.3 is 0 Å². The van der Waals surface area contributed by atoms with Gasteiger partial charge in [0, 0.05) is 5.92 Å². The smallest absolute Gasteiger partial charge is 0.00128 e. The van der Waals surface area contributed by atoms with E-state index in [-0.39, 0.29) is 0 Å². The van der Waals surface area contributed by atoms with Crippen molar-refractivity contribution in [2.45, 2.75) is 26.2 Å². The maximum absolute atomic E-state index is 2.43. The van der Waals surface area contributed by atoms with E-state index in [0.717, 1.165) is 5.92 Å². The van der Waals surface area contributed by atoms with Crippen molar-refractivity contribution >= 4 is 0 Å². The summed E-state index contributed by atoms with van der Waals surface area (Å²) in [6.07, 6.45) is 15.7. The second kappa shape index (κ2) is 3.30. The highest BCUT2D eigenvalue weighted by molar-refractivity contribution is 5.26. The Morgan fingerprint density at radius 3 is 3.17 bits per heavy atom. The van der Waals surface area contributed by atoms with E-state index in [0.29, 0.717) is 5.92 Å². The summed E-state index contributed by atoms with van der Waals surface area (Å²) in [5.41, 5.74) is 1.44. The van der Waals surface area contributed by atoms with Gasteiger partial charge in [-0.2, -0.15) is 0 Å². The molecule has 2 rings (SSSR count). The third kappa shape index (κ3) is 1.52. The van der Waals surface area contributed by atoms with Gasteiger partial charge in [-0.15, -0.1) is 0 Å². The average molecular weight is 160 g/mol. The fourth-order valence-corrected chi connectivity index (χ4v) is 2.12. The van der Waals surface area contributed by atoms with Crippen LogP contribution < -0.4 is 0 Å². The molecule has 0 heteroatoms. The number of rotatable bonds is 0. The lowest BCUT2D eigenvalue weighted by molar-refractivity contribution is 0.503. The summed E-state index contributed by atoms with van der Waals surface area (Å²) in [5.74, 6) is 1.48. The molecular formula is C12H16. The van der Waals surface area contributed by atoms with Crippen LogP contribution in [-0.4, -0.2) is 0 Å². The Labute approximate surface area is 74.7 Å². The molecule has 12 heavy (non-hydrogen) atoms. The summed E-state index contributed by atoms with van der Waals surface area (Å²) < 4.78 is 0. The molecule has 2 aliphatic carbocycles. The number of hydrogen-bond donors (Lipinski definition) is 0. The van der Waals surface area contributed by atoms with Crippen molar-refractivity contribution < 1.29 is 0 Å². The van der Waals surface area contributed by atoms with E-state index in [1.54, 1.807) is 0 Å². The molecule has 0 radical (unpaired) electrons. The molecule has 2 unspecified atom stereocenters. The molecule has 64 valence electrons. The van der Waals surface area contributed by atoms with Crippen LogP contribution in [-0.2, 0) is 0 Å². The average Bonchev–Trinajstić information content (AvgIpc) is 2.28. The molecule has 0 fully saturated rings. The molecule has 2 atom stereocenters. The molecule has 0 saturated carbocycles. The van der Waals surface area contributed by atoms with Crippen LogP contribution >= 0.6 is 0 Å². The molecular weight excluding hydrogens is 144 g/mol. The van der Waals surface area contributed by atoms with Gasteiger partial charge in [-0.3, -0.25) is 0 Å². The summed E-state index contributed by atoms with van der Waals surface area (Å²) in [5, 5.41) is 0. The second-order valence-electron chi connectivity index (χ2n) is 3.87. The fourth-order valence-electron chi connectivity index (χ4n) is 2.12. The summed E-state index contributed by atoms with van der Waals surface area (Å²) in [4.78, 5) is 0. The van der Waals surface area contributed by atoms with E-state index < -0.39 is 0 Å². The predicted molar refractivity (Wildman–Crippen MR) is 52.9 cm³/mol. The topological polar surface area (TPSA) is 0 Å². The largest absolute Gasteiger partial charge is 0.0879 e. The van der Waals surface area contributed by atoms with Gasteiger partial charge in [-0.25, -0.2) is 0 Å². The van der Waals surface area contributed by atoms with Gasteiger partial charge in [0.05, 0.1) is 0 Å². The Morgan fingerprint density at radius 2 is 2.25 bits per heavy atom. The molecule has 0 heterocycles. The Hall–Kier alpha value is -0.780. The van der Waals surface area contributed by atoms with Crippen molar-refractivity contribution in [1.29, 1.82) is 0 Å². The molecule has 0 saturated heterocycles. The molecule has 0 N–H and O–H groups in total. The highest BCUT2D eigenvalue weighted by Gasteiger charge is 2.18. The highest BCUT2D eigenvalue weighted by Crippen LogP contribution is 2.30. The quantitative estimate of drug-likeness (QED) is 0.476. The van der Waals surface area contributed by atoms with Gasteiger partial charge in [0.2, 0.25) is 0 Å². The third-order valence-corrected chi connectivity index (χ3v) is 2.82. The minimum absolute atomic E-state index is 0.691. The van der Waals surface area contributed by atoms with Crippen LogP contribution in [0.5, 0.6) is 0 Å². The lowest BCUT2D eigenvalue weighted by Crippen LogP contribution is -2.10. The highest BCUT2D eigenvalue weighted by atomic mass is 14.2.